The number of halogens is 1. The zero-order valence-electron chi connectivity index (χ0n) is 10.00. The topological polar surface area (TPSA) is 78.4 Å². The zero-order valence-corrected chi connectivity index (χ0v) is 10.00. The number of hydrogen-bond donors (Lipinski definition) is 3. The van der Waals surface area contributed by atoms with Crippen LogP contribution in [0.15, 0.2) is 18.2 Å². The van der Waals surface area contributed by atoms with E-state index in [1.54, 1.807) is 6.92 Å². The Balaban J connectivity index is 2.48. The van der Waals surface area contributed by atoms with E-state index in [4.69, 9.17) is 0 Å². The van der Waals surface area contributed by atoms with Crippen molar-refractivity contribution in [2.24, 2.45) is 0 Å². The molecule has 2 amide bonds. The third-order valence-corrected chi connectivity index (χ3v) is 2.22. The quantitative estimate of drug-likeness (QED) is 0.726. The lowest BCUT2D eigenvalue weighted by Crippen LogP contribution is -2.30. The number of benzene rings is 1. The molecule has 0 radical (unpaired) electrons. The summed E-state index contributed by atoms with van der Waals surface area (Å²) in [6, 6.07) is 3.13. The molecular formula is C12H15FN2O3. The number of amides is 2. The molecule has 0 fully saturated rings. The van der Waals surface area contributed by atoms with Crippen LogP contribution < -0.4 is 10.6 Å². The maximum absolute atomic E-state index is 12.7. The largest absolute Gasteiger partial charge is 0.507 e. The van der Waals surface area contributed by atoms with Crippen LogP contribution in [0.5, 0.6) is 5.75 Å². The fourth-order valence-corrected chi connectivity index (χ4v) is 1.37. The Morgan fingerprint density at radius 1 is 1.33 bits per heavy atom. The molecule has 0 bridgehead atoms. The Hall–Kier alpha value is -2.11. The van der Waals surface area contributed by atoms with E-state index in [9.17, 15) is 19.1 Å². The van der Waals surface area contributed by atoms with Crippen LogP contribution in [0, 0.1) is 5.82 Å². The molecule has 0 saturated heterocycles. The number of aromatic hydroxyl groups is 1. The SMILES string of the molecule is CCNC(=O)CCNC(=O)c1ccc(F)cc1O. The molecule has 1 aromatic rings. The van der Waals surface area contributed by atoms with Crippen molar-refractivity contribution < 1.29 is 19.1 Å². The van der Waals surface area contributed by atoms with Crippen molar-refractivity contribution in [3.8, 4) is 5.75 Å². The van der Waals surface area contributed by atoms with E-state index in [0.29, 0.717) is 6.54 Å². The fraction of sp³-hybridized carbons (Fsp3) is 0.333. The van der Waals surface area contributed by atoms with Gasteiger partial charge in [0.15, 0.2) is 0 Å². The average molecular weight is 254 g/mol. The molecule has 18 heavy (non-hydrogen) atoms. The van der Waals surface area contributed by atoms with Crippen molar-refractivity contribution in [2.75, 3.05) is 13.1 Å². The summed E-state index contributed by atoms with van der Waals surface area (Å²) < 4.78 is 12.7. The van der Waals surface area contributed by atoms with Gasteiger partial charge in [0.25, 0.3) is 5.91 Å². The van der Waals surface area contributed by atoms with E-state index in [2.05, 4.69) is 10.6 Å². The van der Waals surface area contributed by atoms with E-state index in [0.717, 1.165) is 12.1 Å². The molecular weight excluding hydrogens is 239 g/mol. The second-order valence-corrected chi connectivity index (χ2v) is 3.62. The molecule has 3 N–H and O–H groups in total. The molecule has 98 valence electrons. The number of hydrogen-bond acceptors (Lipinski definition) is 3. The van der Waals surface area contributed by atoms with Gasteiger partial charge in [0.2, 0.25) is 5.91 Å². The van der Waals surface area contributed by atoms with E-state index in [-0.39, 0.29) is 24.4 Å². The Labute approximate surface area is 104 Å². The van der Waals surface area contributed by atoms with Gasteiger partial charge in [-0.05, 0) is 19.1 Å². The second-order valence-electron chi connectivity index (χ2n) is 3.62. The van der Waals surface area contributed by atoms with Crippen molar-refractivity contribution in [3.05, 3.63) is 29.6 Å². The zero-order chi connectivity index (χ0) is 13.5. The molecule has 0 aliphatic rings. The Kier molecular flexibility index (Phi) is 5.10. The van der Waals surface area contributed by atoms with Crippen molar-refractivity contribution in [1.29, 1.82) is 0 Å². The van der Waals surface area contributed by atoms with Crippen molar-refractivity contribution in [1.82, 2.24) is 10.6 Å². The lowest BCUT2D eigenvalue weighted by atomic mass is 10.2. The summed E-state index contributed by atoms with van der Waals surface area (Å²) in [5, 5.41) is 14.4. The first-order chi connectivity index (χ1) is 8.54. The van der Waals surface area contributed by atoms with Gasteiger partial charge in [0.1, 0.15) is 11.6 Å². The monoisotopic (exact) mass is 254 g/mol. The number of nitrogens with one attached hydrogen (secondary N) is 2. The van der Waals surface area contributed by atoms with Crippen LogP contribution in [0.2, 0.25) is 0 Å². The first-order valence-electron chi connectivity index (χ1n) is 5.58. The van der Waals surface area contributed by atoms with Gasteiger partial charge in [-0.3, -0.25) is 9.59 Å². The van der Waals surface area contributed by atoms with Crippen molar-refractivity contribution in [3.63, 3.8) is 0 Å². The Bertz CT molecular complexity index is 449. The maximum atomic E-state index is 12.7. The van der Waals surface area contributed by atoms with Crippen LogP contribution >= 0.6 is 0 Å². The molecule has 0 saturated carbocycles. The van der Waals surface area contributed by atoms with Gasteiger partial charge >= 0.3 is 0 Å². The molecule has 1 aromatic carbocycles. The number of phenolic OH excluding ortho intramolecular Hbond substituents is 1. The van der Waals surface area contributed by atoms with Crippen LogP contribution in [0.4, 0.5) is 4.39 Å². The van der Waals surface area contributed by atoms with Crippen LogP contribution in [-0.4, -0.2) is 30.0 Å². The van der Waals surface area contributed by atoms with Gasteiger partial charge in [0, 0.05) is 25.6 Å². The number of carbonyl (C=O) groups excluding carboxylic acids is 2. The van der Waals surface area contributed by atoms with E-state index in [1.807, 2.05) is 0 Å². The van der Waals surface area contributed by atoms with E-state index >= 15 is 0 Å². The third kappa shape index (κ3) is 4.04. The highest BCUT2D eigenvalue weighted by Crippen LogP contribution is 2.17. The van der Waals surface area contributed by atoms with Crippen LogP contribution in [0.1, 0.15) is 23.7 Å². The predicted octanol–water partition coefficient (Wildman–Crippen LogP) is 0.787. The lowest BCUT2D eigenvalue weighted by Gasteiger charge is -2.06. The van der Waals surface area contributed by atoms with Crippen molar-refractivity contribution in [2.45, 2.75) is 13.3 Å². The minimum Gasteiger partial charge on any atom is -0.507 e. The number of carbonyl (C=O) groups is 2. The second kappa shape index (κ2) is 6.58. The third-order valence-electron chi connectivity index (χ3n) is 2.22. The average Bonchev–Trinajstić information content (AvgIpc) is 2.29. The van der Waals surface area contributed by atoms with Crippen molar-refractivity contribution >= 4 is 11.8 Å². The standard InChI is InChI=1S/C12H15FN2O3/c1-2-14-11(17)5-6-15-12(18)9-4-3-8(13)7-10(9)16/h3-4,7,16H,2,5-6H2,1H3,(H,14,17)(H,15,18). The first-order valence-corrected chi connectivity index (χ1v) is 5.58. The van der Waals surface area contributed by atoms with Gasteiger partial charge in [-0.15, -0.1) is 0 Å². The fourth-order valence-electron chi connectivity index (χ4n) is 1.37. The molecule has 0 aliphatic carbocycles. The highest BCUT2D eigenvalue weighted by atomic mass is 19.1. The molecule has 6 heteroatoms. The summed E-state index contributed by atoms with van der Waals surface area (Å²) >= 11 is 0. The highest BCUT2D eigenvalue weighted by Gasteiger charge is 2.11. The van der Waals surface area contributed by atoms with Gasteiger partial charge in [0.05, 0.1) is 5.56 Å². The van der Waals surface area contributed by atoms with E-state index in [1.165, 1.54) is 6.07 Å². The van der Waals surface area contributed by atoms with Crippen LogP contribution in [-0.2, 0) is 4.79 Å². The molecule has 0 spiro atoms. The lowest BCUT2D eigenvalue weighted by molar-refractivity contribution is -0.120. The molecule has 0 aliphatic heterocycles. The summed E-state index contributed by atoms with van der Waals surface area (Å²) in [6.07, 6.45) is 0.154. The van der Waals surface area contributed by atoms with Crippen LogP contribution in [0.25, 0.3) is 0 Å². The summed E-state index contributed by atoms with van der Waals surface area (Å²) in [5.74, 6) is -1.75. The van der Waals surface area contributed by atoms with Gasteiger partial charge in [-0.25, -0.2) is 4.39 Å². The number of rotatable bonds is 5. The van der Waals surface area contributed by atoms with Crippen LogP contribution in [0.3, 0.4) is 0 Å². The number of phenols is 1. The normalized spacial score (nSPS) is 9.89. The molecule has 0 unspecified atom stereocenters. The summed E-state index contributed by atoms with van der Waals surface area (Å²) in [4.78, 5) is 22.7. The minimum absolute atomic E-state index is 0.0210. The predicted molar refractivity (Wildman–Crippen MR) is 63.7 cm³/mol. The summed E-state index contributed by atoms with van der Waals surface area (Å²) in [6.45, 7) is 2.49. The maximum Gasteiger partial charge on any atom is 0.255 e. The van der Waals surface area contributed by atoms with Gasteiger partial charge in [-0.2, -0.15) is 0 Å². The van der Waals surface area contributed by atoms with Gasteiger partial charge in [-0.1, -0.05) is 0 Å². The molecule has 1 rings (SSSR count). The Morgan fingerprint density at radius 2 is 2.06 bits per heavy atom. The molecule has 5 nitrogen and oxygen atoms in total. The minimum atomic E-state index is -0.619. The smallest absolute Gasteiger partial charge is 0.255 e. The highest BCUT2D eigenvalue weighted by molar-refractivity contribution is 5.96. The summed E-state index contributed by atoms with van der Waals surface area (Å²) in [5.41, 5.74) is -0.0210. The van der Waals surface area contributed by atoms with E-state index < -0.39 is 17.5 Å². The molecule has 0 atom stereocenters. The molecule has 0 heterocycles. The summed E-state index contributed by atoms with van der Waals surface area (Å²) in [7, 11) is 0. The first kappa shape index (κ1) is 14.0. The Morgan fingerprint density at radius 3 is 2.67 bits per heavy atom. The molecule has 0 aromatic heterocycles. The van der Waals surface area contributed by atoms with Gasteiger partial charge < -0.3 is 15.7 Å².